The van der Waals surface area contributed by atoms with E-state index in [0.717, 1.165) is 11.8 Å². The minimum absolute atomic E-state index is 0. The summed E-state index contributed by atoms with van der Waals surface area (Å²) in [6, 6.07) is 11.5. The zero-order valence-electron chi connectivity index (χ0n) is 10.7. The van der Waals surface area contributed by atoms with Crippen molar-refractivity contribution < 1.29 is 39.8 Å². The van der Waals surface area contributed by atoms with E-state index in [1.807, 2.05) is 0 Å². The van der Waals surface area contributed by atoms with Crippen LogP contribution < -0.4 is 45.5 Å². The van der Waals surface area contributed by atoms with Crippen LogP contribution in [0.3, 0.4) is 0 Å². The zero-order valence-corrected chi connectivity index (χ0v) is 13.5. The molecule has 2 rings (SSSR count). The molecule has 0 bridgehead atoms. The van der Waals surface area contributed by atoms with Crippen LogP contribution >= 0.6 is 11.8 Å². The Hall–Kier alpha value is -1.27. The van der Waals surface area contributed by atoms with E-state index in [1.54, 1.807) is 12.1 Å². The quantitative estimate of drug-likeness (QED) is 0.671. The fourth-order valence-corrected chi connectivity index (χ4v) is 2.33. The van der Waals surface area contributed by atoms with Crippen molar-refractivity contribution in [1.29, 1.82) is 0 Å². The number of rotatable bonds is 2. The van der Waals surface area contributed by atoms with E-state index < -0.39 is 22.4 Å². The summed E-state index contributed by atoms with van der Waals surface area (Å²) in [7, 11) is 0. The first kappa shape index (κ1) is 16.8. The van der Waals surface area contributed by atoms with Crippen LogP contribution in [0.1, 0.15) is 0 Å². The molecule has 0 fully saturated rings. The van der Waals surface area contributed by atoms with Crippen LogP contribution in [-0.2, 0) is 0 Å². The van der Waals surface area contributed by atoms with Crippen LogP contribution in [0.15, 0.2) is 67.9 Å². The van der Waals surface area contributed by atoms with Crippen molar-refractivity contribution in [2.75, 3.05) is 0 Å². The largest absolute Gasteiger partial charge is 1.00 e. The molecule has 6 heteroatoms. The van der Waals surface area contributed by atoms with Crippen LogP contribution in [0.5, 0.6) is 11.5 Å². The number of hydrogen-bond donors (Lipinski definition) is 1. The van der Waals surface area contributed by atoms with Gasteiger partial charge in [-0.15, -0.1) is 0 Å². The normalized spacial score (nSPS) is 9.60. The van der Waals surface area contributed by atoms with Gasteiger partial charge in [0.05, 0.1) is 9.79 Å². The summed E-state index contributed by atoms with van der Waals surface area (Å²) < 4.78 is 0. The van der Waals surface area contributed by atoms with Gasteiger partial charge in [0, 0.05) is 0 Å². The van der Waals surface area contributed by atoms with Gasteiger partial charge in [-0.05, 0) is 18.2 Å². The molecule has 0 unspecified atom stereocenters. The second kappa shape index (κ2) is 7.50. The fourth-order valence-electron chi connectivity index (χ4n) is 1.41. The third kappa shape index (κ3) is 3.86. The van der Waals surface area contributed by atoms with Gasteiger partial charge in [0.25, 0.3) is 0 Å². The Morgan fingerprint density at radius 3 is 2.15 bits per heavy atom. The fraction of sp³-hybridized carbons (Fsp3) is 0. The van der Waals surface area contributed by atoms with Crippen molar-refractivity contribution in [2.24, 2.45) is 0 Å². The van der Waals surface area contributed by atoms with Crippen molar-refractivity contribution in [3.8, 4) is 11.5 Å². The maximum atomic E-state index is 11.8. The van der Waals surface area contributed by atoms with Gasteiger partial charge in [-0.3, -0.25) is 9.59 Å². The molecule has 0 saturated carbocycles. The Morgan fingerprint density at radius 2 is 1.45 bits per heavy atom. The minimum atomic E-state index is -0.659. The molecule has 0 heterocycles. The van der Waals surface area contributed by atoms with Crippen molar-refractivity contribution in [2.45, 2.75) is 9.79 Å². The van der Waals surface area contributed by atoms with Gasteiger partial charge in [-0.2, -0.15) is 0 Å². The Bertz CT molecular complexity index is 734. The van der Waals surface area contributed by atoms with Gasteiger partial charge in [-0.25, -0.2) is 0 Å². The van der Waals surface area contributed by atoms with Crippen LogP contribution in [0.25, 0.3) is 0 Å². The summed E-state index contributed by atoms with van der Waals surface area (Å²) in [5.74, 6) is -1.07. The molecule has 0 spiro atoms. The zero-order chi connectivity index (χ0) is 13.8. The van der Waals surface area contributed by atoms with Crippen LogP contribution in [0.4, 0.5) is 0 Å². The first-order valence-electron chi connectivity index (χ1n) is 5.40. The summed E-state index contributed by atoms with van der Waals surface area (Å²) in [6.45, 7) is 0. The predicted octanol–water partition coefficient (Wildman–Crippen LogP) is -1.66. The second-order valence-corrected chi connectivity index (χ2v) is 4.76. The molecule has 2 aromatic rings. The summed E-state index contributed by atoms with van der Waals surface area (Å²) in [4.78, 5) is 23.6. The SMILES string of the molecule is O=c1ccccc(Sc2ccccc([O-])c2=O)c1O.[Na+]. The molecule has 0 amide bonds. The van der Waals surface area contributed by atoms with E-state index >= 15 is 0 Å². The topological polar surface area (TPSA) is 77.4 Å². The molecule has 0 aliphatic carbocycles. The van der Waals surface area contributed by atoms with Gasteiger partial charge in [0.1, 0.15) is 0 Å². The molecule has 2 aromatic carbocycles. The molecule has 0 aliphatic rings. The van der Waals surface area contributed by atoms with Gasteiger partial charge in [0.15, 0.2) is 11.2 Å². The van der Waals surface area contributed by atoms with Crippen LogP contribution in [-0.4, -0.2) is 5.11 Å². The Kier molecular flexibility index (Phi) is 6.29. The molecule has 1 N–H and O–H groups in total. The second-order valence-electron chi connectivity index (χ2n) is 3.67. The molecule has 0 atom stereocenters. The van der Waals surface area contributed by atoms with Crippen molar-refractivity contribution in [1.82, 2.24) is 0 Å². The summed E-state index contributed by atoms with van der Waals surface area (Å²) in [6.07, 6.45) is 0. The van der Waals surface area contributed by atoms with Gasteiger partial charge < -0.3 is 10.2 Å². The predicted molar refractivity (Wildman–Crippen MR) is 70.7 cm³/mol. The van der Waals surface area contributed by atoms with E-state index in [-0.39, 0.29) is 39.3 Å². The smallest absolute Gasteiger partial charge is 0.870 e. The van der Waals surface area contributed by atoms with Crippen molar-refractivity contribution in [3.63, 3.8) is 0 Å². The van der Waals surface area contributed by atoms with E-state index in [9.17, 15) is 19.8 Å². The van der Waals surface area contributed by atoms with Crippen LogP contribution in [0, 0.1) is 0 Å². The monoisotopic (exact) mass is 296 g/mol. The molecular weight excluding hydrogens is 287 g/mol. The maximum Gasteiger partial charge on any atom is 1.00 e. The molecule has 0 saturated heterocycles. The number of hydrogen-bond acceptors (Lipinski definition) is 5. The van der Waals surface area contributed by atoms with E-state index in [2.05, 4.69) is 0 Å². The summed E-state index contributed by atoms with van der Waals surface area (Å²) in [5.41, 5.74) is -1.20. The first-order chi connectivity index (χ1) is 9.09. The van der Waals surface area contributed by atoms with Crippen molar-refractivity contribution in [3.05, 3.63) is 69.0 Å². The van der Waals surface area contributed by atoms with E-state index in [1.165, 1.54) is 36.4 Å². The third-order valence-electron chi connectivity index (χ3n) is 2.35. The Labute approximate surface area is 141 Å². The van der Waals surface area contributed by atoms with E-state index in [0.29, 0.717) is 0 Å². The van der Waals surface area contributed by atoms with Gasteiger partial charge >= 0.3 is 29.6 Å². The van der Waals surface area contributed by atoms with Crippen LogP contribution in [0.2, 0.25) is 0 Å². The summed E-state index contributed by atoms with van der Waals surface area (Å²) >= 11 is 0.893. The molecule has 96 valence electrons. The summed E-state index contributed by atoms with van der Waals surface area (Å²) in [5, 5.41) is 21.1. The first-order valence-corrected chi connectivity index (χ1v) is 6.22. The standard InChI is InChI=1S/C14H10O4S.Na/c15-9-5-1-3-7-11(13(9)17)19-12-8-4-2-6-10(16)14(12)18;/h1-8H,(H,15,17)(H,16,18);/q;+1/p-1. The average molecular weight is 296 g/mol. The molecular formula is C14H9NaO4S. The van der Waals surface area contributed by atoms with Gasteiger partial charge in [0.2, 0.25) is 5.43 Å². The van der Waals surface area contributed by atoms with Crippen molar-refractivity contribution >= 4 is 11.8 Å². The molecule has 0 aromatic heterocycles. The third-order valence-corrected chi connectivity index (χ3v) is 3.44. The Balaban J connectivity index is 0.00000200. The number of aromatic hydroxyl groups is 1. The molecule has 0 aliphatic heterocycles. The average Bonchev–Trinajstić information content (AvgIpc) is 2.65. The molecule has 4 nitrogen and oxygen atoms in total. The maximum absolute atomic E-state index is 11.8. The minimum Gasteiger partial charge on any atom is -0.870 e. The Morgan fingerprint density at radius 1 is 0.900 bits per heavy atom. The molecule has 20 heavy (non-hydrogen) atoms. The van der Waals surface area contributed by atoms with E-state index in [4.69, 9.17) is 0 Å². The van der Waals surface area contributed by atoms with Gasteiger partial charge in [-0.1, -0.05) is 47.8 Å². The molecule has 0 radical (unpaired) electrons.